The fourth-order valence-electron chi connectivity index (χ4n) is 1.65. The zero-order valence-corrected chi connectivity index (χ0v) is 12.4. The number of aliphatic hydroxyl groups is 1. The molecule has 0 heterocycles. The van der Waals surface area contributed by atoms with Gasteiger partial charge in [-0.1, -0.05) is 6.92 Å². The molecule has 1 rings (SSSR count). The van der Waals surface area contributed by atoms with Crippen LogP contribution in [0, 0.1) is 0 Å². The Morgan fingerprint density at radius 3 is 2.55 bits per heavy atom. The SMILES string of the molecule is CCC(CCO)NS(=O)(=O)CCOc1ccc(N)cc1. The van der Waals surface area contributed by atoms with E-state index in [1.807, 2.05) is 6.92 Å². The summed E-state index contributed by atoms with van der Waals surface area (Å²) in [5, 5.41) is 8.84. The standard InChI is InChI=1S/C13H22N2O4S/c1-2-12(7-8-16)15-20(17,18)10-9-19-13-5-3-11(14)4-6-13/h3-6,12,15-16H,2,7-10,14H2,1H3. The summed E-state index contributed by atoms with van der Waals surface area (Å²) in [4.78, 5) is 0. The molecule has 1 aromatic rings. The van der Waals surface area contributed by atoms with E-state index in [2.05, 4.69) is 4.72 Å². The van der Waals surface area contributed by atoms with Crippen LogP contribution in [0.4, 0.5) is 5.69 Å². The van der Waals surface area contributed by atoms with Crippen molar-refractivity contribution in [3.8, 4) is 5.75 Å². The summed E-state index contributed by atoms with van der Waals surface area (Å²) < 4.78 is 31.6. The van der Waals surface area contributed by atoms with Crippen LogP contribution in [0.3, 0.4) is 0 Å². The molecule has 0 spiro atoms. The number of anilines is 1. The lowest BCUT2D eigenvalue weighted by atomic mass is 10.2. The van der Waals surface area contributed by atoms with Gasteiger partial charge >= 0.3 is 0 Å². The molecule has 0 aliphatic rings. The second-order valence-corrected chi connectivity index (χ2v) is 6.35. The Kier molecular flexibility index (Phi) is 6.77. The Morgan fingerprint density at radius 1 is 1.35 bits per heavy atom. The Bertz CT molecular complexity index is 488. The number of benzene rings is 1. The molecule has 0 aliphatic heterocycles. The van der Waals surface area contributed by atoms with Gasteiger partial charge in [0.05, 0.1) is 5.75 Å². The van der Waals surface area contributed by atoms with Crippen molar-refractivity contribution >= 4 is 15.7 Å². The molecule has 114 valence electrons. The smallest absolute Gasteiger partial charge is 0.215 e. The lowest BCUT2D eigenvalue weighted by molar-refractivity contribution is 0.270. The lowest BCUT2D eigenvalue weighted by Gasteiger charge is -2.16. The fraction of sp³-hybridized carbons (Fsp3) is 0.538. The number of hydrogen-bond donors (Lipinski definition) is 3. The van der Waals surface area contributed by atoms with Gasteiger partial charge in [0.25, 0.3) is 0 Å². The number of nitrogens with two attached hydrogens (primary N) is 1. The highest BCUT2D eigenvalue weighted by Crippen LogP contribution is 2.13. The van der Waals surface area contributed by atoms with Gasteiger partial charge in [-0.15, -0.1) is 0 Å². The maximum Gasteiger partial charge on any atom is 0.215 e. The van der Waals surface area contributed by atoms with Gasteiger partial charge in [0.15, 0.2) is 0 Å². The molecule has 0 radical (unpaired) electrons. The van der Waals surface area contributed by atoms with Crippen LogP contribution in [0.5, 0.6) is 5.75 Å². The zero-order valence-electron chi connectivity index (χ0n) is 11.6. The van der Waals surface area contributed by atoms with Gasteiger partial charge in [-0.05, 0) is 37.1 Å². The van der Waals surface area contributed by atoms with E-state index in [9.17, 15) is 8.42 Å². The minimum absolute atomic E-state index is 0.0387. The molecule has 0 amide bonds. The van der Waals surface area contributed by atoms with Gasteiger partial charge < -0.3 is 15.6 Å². The number of nitrogen functional groups attached to an aromatic ring is 1. The van der Waals surface area contributed by atoms with Crippen LogP contribution >= 0.6 is 0 Å². The highest BCUT2D eigenvalue weighted by atomic mass is 32.2. The molecule has 20 heavy (non-hydrogen) atoms. The Balaban J connectivity index is 2.41. The van der Waals surface area contributed by atoms with Crippen molar-refractivity contribution in [3.05, 3.63) is 24.3 Å². The van der Waals surface area contributed by atoms with Crippen molar-refractivity contribution in [1.82, 2.24) is 4.72 Å². The second kappa shape index (κ2) is 8.08. The van der Waals surface area contributed by atoms with Crippen molar-refractivity contribution in [3.63, 3.8) is 0 Å². The van der Waals surface area contributed by atoms with Crippen LogP contribution in [0.2, 0.25) is 0 Å². The molecule has 0 saturated carbocycles. The molecule has 0 aliphatic carbocycles. The number of ether oxygens (including phenoxy) is 1. The largest absolute Gasteiger partial charge is 0.492 e. The van der Waals surface area contributed by atoms with Gasteiger partial charge in [-0.2, -0.15) is 0 Å². The highest BCUT2D eigenvalue weighted by molar-refractivity contribution is 7.89. The molecule has 0 fully saturated rings. The number of sulfonamides is 1. The van der Waals surface area contributed by atoms with E-state index in [-0.39, 0.29) is 25.0 Å². The van der Waals surface area contributed by atoms with Crippen molar-refractivity contribution in [1.29, 1.82) is 0 Å². The van der Waals surface area contributed by atoms with Crippen molar-refractivity contribution < 1.29 is 18.3 Å². The average Bonchev–Trinajstić information content (AvgIpc) is 2.40. The summed E-state index contributed by atoms with van der Waals surface area (Å²) in [6.45, 7) is 1.89. The monoisotopic (exact) mass is 302 g/mol. The molecule has 0 saturated heterocycles. The predicted octanol–water partition coefficient (Wildman–Crippen LogP) is 0.728. The summed E-state index contributed by atoms with van der Waals surface area (Å²) >= 11 is 0. The lowest BCUT2D eigenvalue weighted by Crippen LogP contribution is -2.37. The zero-order chi connectivity index (χ0) is 15.0. The molecule has 1 unspecified atom stereocenters. The van der Waals surface area contributed by atoms with E-state index in [0.717, 1.165) is 0 Å². The summed E-state index contributed by atoms with van der Waals surface area (Å²) in [5.74, 6) is 0.455. The maximum absolute atomic E-state index is 11.8. The minimum atomic E-state index is -3.40. The first-order valence-electron chi connectivity index (χ1n) is 6.56. The molecule has 1 aromatic carbocycles. The highest BCUT2D eigenvalue weighted by Gasteiger charge is 2.16. The van der Waals surface area contributed by atoms with Gasteiger partial charge in [0.2, 0.25) is 10.0 Å². The third-order valence-corrected chi connectivity index (χ3v) is 4.21. The van der Waals surface area contributed by atoms with E-state index >= 15 is 0 Å². The summed E-state index contributed by atoms with van der Waals surface area (Å²) in [6.07, 6.45) is 1.05. The van der Waals surface area contributed by atoms with E-state index in [0.29, 0.717) is 24.3 Å². The summed E-state index contributed by atoms with van der Waals surface area (Å²) in [5.41, 5.74) is 6.17. The first kappa shape index (κ1) is 16.7. The van der Waals surface area contributed by atoms with Crippen LogP contribution in [0.1, 0.15) is 19.8 Å². The van der Waals surface area contributed by atoms with Crippen molar-refractivity contribution in [2.75, 3.05) is 24.7 Å². The first-order valence-corrected chi connectivity index (χ1v) is 8.21. The fourth-order valence-corrected chi connectivity index (χ4v) is 2.86. The minimum Gasteiger partial charge on any atom is -0.492 e. The molecule has 7 heteroatoms. The van der Waals surface area contributed by atoms with Gasteiger partial charge in [0.1, 0.15) is 12.4 Å². The molecule has 4 N–H and O–H groups in total. The molecule has 0 bridgehead atoms. The molecule has 0 aromatic heterocycles. The van der Waals surface area contributed by atoms with E-state index in [1.54, 1.807) is 24.3 Å². The predicted molar refractivity (Wildman–Crippen MR) is 79.1 cm³/mol. The summed E-state index contributed by atoms with van der Waals surface area (Å²) in [6, 6.07) is 6.53. The molecule has 1 atom stereocenters. The van der Waals surface area contributed by atoms with Gasteiger partial charge in [-0.25, -0.2) is 13.1 Å². The van der Waals surface area contributed by atoms with Gasteiger partial charge in [0, 0.05) is 18.3 Å². The number of nitrogens with one attached hydrogen (secondary N) is 1. The molecule has 6 nitrogen and oxygen atoms in total. The van der Waals surface area contributed by atoms with Crippen molar-refractivity contribution in [2.24, 2.45) is 0 Å². The van der Waals surface area contributed by atoms with E-state index in [4.69, 9.17) is 15.6 Å². The van der Waals surface area contributed by atoms with Crippen LogP contribution in [-0.2, 0) is 10.0 Å². The Labute approximate surface area is 120 Å². The topological polar surface area (TPSA) is 102 Å². The Hall–Kier alpha value is -1.31. The van der Waals surface area contributed by atoms with Crippen LogP contribution < -0.4 is 15.2 Å². The third kappa shape index (κ3) is 6.23. The van der Waals surface area contributed by atoms with Crippen LogP contribution in [0.15, 0.2) is 24.3 Å². The summed E-state index contributed by atoms with van der Waals surface area (Å²) in [7, 11) is -3.40. The number of aliphatic hydroxyl groups excluding tert-OH is 1. The molecular weight excluding hydrogens is 280 g/mol. The third-order valence-electron chi connectivity index (χ3n) is 2.82. The number of hydrogen-bond acceptors (Lipinski definition) is 5. The first-order chi connectivity index (χ1) is 9.46. The Morgan fingerprint density at radius 2 is 2.00 bits per heavy atom. The van der Waals surface area contributed by atoms with E-state index < -0.39 is 10.0 Å². The maximum atomic E-state index is 11.8. The van der Waals surface area contributed by atoms with Crippen LogP contribution in [-0.4, -0.2) is 38.5 Å². The number of rotatable bonds is 9. The molecular formula is C13H22N2O4S. The van der Waals surface area contributed by atoms with Crippen LogP contribution in [0.25, 0.3) is 0 Å². The normalized spacial score (nSPS) is 13.1. The van der Waals surface area contributed by atoms with Crippen molar-refractivity contribution in [2.45, 2.75) is 25.8 Å². The van der Waals surface area contributed by atoms with E-state index in [1.165, 1.54) is 0 Å². The average molecular weight is 302 g/mol. The van der Waals surface area contributed by atoms with Gasteiger partial charge in [-0.3, -0.25) is 0 Å². The quantitative estimate of drug-likeness (QED) is 0.584. The second-order valence-electron chi connectivity index (χ2n) is 4.47.